The van der Waals surface area contributed by atoms with Crippen LogP contribution < -0.4 is 14.4 Å². The number of para-hydroxylation sites is 1. The Morgan fingerprint density at radius 2 is 1.77 bits per heavy atom. The van der Waals surface area contributed by atoms with Crippen molar-refractivity contribution in [2.24, 2.45) is 0 Å². The third-order valence-electron chi connectivity index (χ3n) is 7.80. The van der Waals surface area contributed by atoms with E-state index in [-0.39, 0.29) is 18.9 Å². The van der Waals surface area contributed by atoms with Crippen molar-refractivity contribution >= 4 is 34.2 Å². The second-order valence-electron chi connectivity index (χ2n) is 10.4. The van der Waals surface area contributed by atoms with E-state index < -0.39 is 22.0 Å². The van der Waals surface area contributed by atoms with Crippen molar-refractivity contribution in [3.05, 3.63) is 112 Å². The van der Waals surface area contributed by atoms with Crippen molar-refractivity contribution in [3.63, 3.8) is 0 Å². The number of hydrogen-bond acceptors (Lipinski definition) is 7. The van der Waals surface area contributed by atoms with E-state index in [2.05, 4.69) is 24.8 Å². The predicted molar refractivity (Wildman–Crippen MR) is 153 cm³/mol. The Morgan fingerprint density at radius 3 is 2.62 bits per heavy atom. The average molecular weight is 537 g/mol. The van der Waals surface area contributed by atoms with E-state index in [4.69, 9.17) is 14.2 Å². The van der Waals surface area contributed by atoms with E-state index in [1.54, 1.807) is 6.07 Å². The first kappa shape index (κ1) is 25.4. The average Bonchev–Trinajstić information content (AvgIpc) is 3.14. The summed E-state index contributed by atoms with van der Waals surface area (Å²) in [6.07, 6.45) is 3.82. The van der Waals surface area contributed by atoms with Crippen molar-refractivity contribution in [2.45, 2.75) is 25.0 Å². The smallest absolute Gasteiger partial charge is 0.344 e. The molecule has 0 radical (unpaired) electrons. The molecular weight excluding hydrogens is 508 g/mol. The van der Waals surface area contributed by atoms with Crippen LogP contribution in [0.3, 0.4) is 0 Å². The first-order valence-corrected chi connectivity index (χ1v) is 13.1. The molecule has 2 heterocycles. The van der Waals surface area contributed by atoms with Gasteiger partial charge in [-0.25, -0.2) is 4.79 Å². The highest BCUT2D eigenvalue weighted by molar-refractivity contribution is 5.88. The van der Waals surface area contributed by atoms with Gasteiger partial charge in [-0.2, -0.15) is 0 Å². The molecule has 40 heavy (non-hydrogen) atoms. The molecule has 8 nitrogen and oxygen atoms in total. The van der Waals surface area contributed by atoms with Crippen LogP contribution in [0.1, 0.15) is 25.0 Å². The molecule has 1 spiro atoms. The third kappa shape index (κ3) is 4.12. The molecule has 202 valence electrons. The summed E-state index contributed by atoms with van der Waals surface area (Å²) in [5.74, 6) is 0.717. The van der Waals surface area contributed by atoms with Crippen LogP contribution in [0.5, 0.6) is 11.5 Å². The molecule has 8 heteroatoms. The van der Waals surface area contributed by atoms with Crippen LogP contribution in [0, 0.1) is 10.1 Å². The summed E-state index contributed by atoms with van der Waals surface area (Å²) in [6, 6.07) is 26.2. The predicted octanol–water partition coefficient (Wildman–Crippen LogP) is 6.27. The zero-order chi connectivity index (χ0) is 27.9. The monoisotopic (exact) mass is 536 g/mol. The number of carbonyl (C=O) groups excluding carboxylic acids is 1. The summed E-state index contributed by atoms with van der Waals surface area (Å²) in [7, 11) is 0. The van der Waals surface area contributed by atoms with Gasteiger partial charge in [0, 0.05) is 28.8 Å². The van der Waals surface area contributed by atoms with Gasteiger partial charge >= 0.3 is 5.97 Å². The van der Waals surface area contributed by atoms with E-state index in [1.807, 2.05) is 72.8 Å². The molecule has 0 N–H and O–H groups in total. The molecule has 0 bridgehead atoms. The van der Waals surface area contributed by atoms with Gasteiger partial charge in [-0.3, -0.25) is 10.1 Å². The summed E-state index contributed by atoms with van der Waals surface area (Å²) >= 11 is 0. The number of esters is 1. The molecule has 0 fully saturated rings. The molecule has 4 aromatic carbocycles. The molecule has 0 aromatic heterocycles. The lowest BCUT2D eigenvalue weighted by Gasteiger charge is -2.47. The molecule has 2 aliphatic heterocycles. The summed E-state index contributed by atoms with van der Waals surface area (Å²) in [6.45, 7) is 4.50. The Morgan fingerprint density at radius 1 is 1.00 bits per heavy atom. The van der Waals surface area contributed by atoms with Gasteiger partial charge < -0.3 is 19.1 Å². The minimum atomic E-state index is -0.925. The van der Waals surface area contributed by atoms with Gasteiger partial charge in [-0.15, -0.1) is 0 Å². The van der Waals surface area contributed by atoms with Gasteiger partial charge in [0.15, 0.2) is 6.61 Å². The number of anilines is 1. The molecule has 2 aliphatic rings. The fraction of sp³-hybridized carbons (Fsp3) is 0.219. The maximum absolute atomic E-state index is 12.7. The van der Waals surface area contributed by atoms with Gasteiger partial charge in [0.2, 0.25) is 5.72 Å². The molecule has 0 saturated carbocycles. The number of fused-ring (bicyclic) bond motifs is 3. The lowest BCUT2D eigenvalue weighted by molar-refractivity contribution is -0.384. The molecule has 0 amide bonds. The first-order chi connectivity index (χ1) is 19.3. The topological polar surface area (TPSA) is 91.1 Å². The number of ether oxygens (including phenoxy) is 3. The standard InChI is InChI=1S/C32H28N2O6/c1-31(2)26-11-5-6-12-27(26)33(32(31)17-16-23-20-24(34(36)37)14-15-28(23)40-32)18-19-38-30(35)21-39-29-13-7-9-22-8-3-4-10-25(22)29/h3-17,20H,18-19,21H2,1-2H3. The number of nitro benzene ring substituents is 1. The number of carbonyl (C=O) groups is 1. The van der Waals surface area contributed by atoms with Gasteiger partial charge in [-0.1, -0.05) is 54.6 Å². The van der Waals surface area contributed by atoms with Crippen LogP contribution in [-0.4, -0.2) is 36.4 Å². The van der Waals surface area contributed by atoms with Crippen LogP contribution in [0.2, 0.25) is 0 Å². The highest BCUT2D eigenvalue weighted by atomic mass is 16.6. The van der Waals surface area contributed by atoms with Gasteiger partial charge in [0.1, 0.15) is 18.1 Å². The molecular formula is C32H28N2O6. The number of non-ortho nitro benzene ring substituents is 1. The van der Waals surface area contributed by atoms with Crippen molar-refractivity contribution in [3.8, 4) is 11.5 Å². The van der Waals surface area contributed by atoms with Crippen molar-refractivity contribution < 1.29 is 23.9 Å². The number of benzene rings is 4. The Kier molecular flexibility index (Phi) is 6.18. The maximum Gasteiger partial charge on any atom is 0.344 e. The Bertz CT molecular complexity index is 1660. The molecule has 1 unspecified atom stereocenters. The summed E-state index contributed by atoms with van der Waals surface area (Å²) in [5, 5.41) is 13.2. The van der Waals surface area contributed by atoms with Crippen molar-refractivity contribution in [1.82, 2.24) is 0 Å². The van der Waals surface area contributed by atoms with Crippen LogP contribution in [0.4, 0.5) is 11.4 Å². The lowest BCUT2D eigenvalue weighted by atomic mass is 9.76. The Labute approximate surface area is 231 Å². The molecule has 6 rings (SSSR count). The van der Waals surface area contributed by atoms with E-state index >= 15 is 0 Å². The molecule has 4 aromatic rings. The largest absolute Gasteiger partial charge is 0.481 e. The van der Waals surface area contributed by atoms with Gasteiger partial charge in [0.25, 0.3) is 5.69 Å². The Balaban J connectivity index is 1.20. The first-order valence-electron chi connectivity index (χ1n) is 13.1. The summed E-state index contributed by atoms with van der Waals surface area (Å²) in [5.41, 5.74) is 1.31. The zero-order valence-electron chi connectivity index (χ0n) is 22.2. The molecule has 0 saturated heterocycles. The second-order valence-corrected chi connectivity index (χ2v) is 10.4. The summed E-state index contributed by atoms with van der Waals surface area (Å²) in [4.78, 5) is 25.6. The minimum Gasteiger partial charge on any atom is -0.481 e. The lowest BCUT2D eigenvalue weighted by Crippen LogP contribution is -2.60. The van der Waals surface area contributed by atoms with Gasteiger partial charge in [-0.05, 0) is 55.1 Å². The van der Waals surface area contributed by atoms with Crippen LogP contribution in [-0.2, 0) is 14.9 Å². The van der Waals surface area contributed by atoms with Crippen LogP contribution >= 0.6 is 0 Å². The zero-order valence-corrected chi connectivity index (χ0v) is 22.2. The van der Waals surface area contributed by atoms with Crippen LogP contribution in [0.25, 0.3) is 16.8 Å². The second kappa shape index (κ2) is 9.72. The Hall–Kier alpha value is -4.85. The number of rotatable bonds is 7. The highest BCUT2D eigenvalue weighted by Gasteiger charge is 2.58. The number of nitrogens with zero attached hydrogens (tertiary/aromatic N) is 2. The quantitative estimate of drug-likeness (QED) is 0.156. The van der Waals surface area contributed by atoms with E-state index in [0.29, 0.717) is 23.6 Å². The minimum absolute atomic E-state index is 0.00593. The SMILES string of the molecule is CC1(C)c2ccccc2N(CCOC(=O)COc2cccc3ccccc23)C12C=Cc1cc([N+](=O)[O-])ccc1O2. The summed E-state index contributed by atoms with van der Waals surface area (Å²) < 4.78 is 18.1. The fourth-order valence-electron chi connectivity index (χ4n) is 5.74. The number of nitro groups is 1. The maximum atomic E-state index is 12.7. The fourth-order valence-corrected chi connectivity index (χ4v) is 5.74. The van der Waals surface area contributed by atoms with E-state index in [9.17, 15) is 14.9 Å². The van der Waals surface area contributed by atoms with E-state index in [1.165, 1.54) is 12.1 Å². The number of hydrogen-bond donors (Lipinski definition) is 0. The highest BCUT2D eigenvalue weighted by Crippen LogP contribution is 2.54. The van der Waals surface area contributed by atoms with Crippen molar-refractivity contribution in [1.29, 1.82) is 0 Å². The van der Waals surface area contributed by atoms with Crippen LogP contribution in [0.15, 0.2) is 91.0 Å². The molecule has 1 atom stereocenters. The third-order valence-corrected chi connectivity index (χ3v) is 7.80. The van der Waals surface area contributed by atoms with Crippen molar-refractivity contribution in [2.75, 3.05) is 24.7 Å². The van der Waals surface area contributed by atoms with E-state index in [0.717, 1.165) is 22.0 Å². The van der Waals surface area contributed by atoms with Gasteiger partial charge in [0.05, 0.1) is 16.9 Å². The normalized spacial score (nSPS) is 18.2. The molecule has 0 aliphatic carbocycles.